The summed E-state index contributed by atoms with van der Waals surface area (Å²) in [5, 5.41) is 5.43. The topological polar surface area (TPSA) is 77.1 Å². The Morgan fingerprint density at radius 2 is 1.62 bits per heavy atom. The molecule has 1 fully saturated rings. The summed E-state index contributed by atoms with van der Waals surface area (Å²) in [6, 6.07) is 17.9. The van der Waals surface area contributed by atoms with Crippen LogP contribution in [-0.2, 0) is 16.1 Å². The quantitative estimate of drug-likeness (QED) is 0.521. The van der Waals surface area contributed by atoms with E-state index in [0.717, 1.165) is 32.5 Å². The van der Waals surface area contributed by atoms with E-state index in [1.165, 1.54) is 43.7 Å². The minimum atomic E-state index is -0.554. The first-order chi connectivity index (χ1) is 16.5. The number of anilines is 1. The summed E-state index contributed by atoms with van der Waals surface area (Å²) in [6.45, 7) is 2.52. The Labute approximate surface area is 199 Å². The Balaban J connectivity index is 1.42. The summed E-state index contributed by atoms with van der Waals surface area (Å²) in [7, 11) is 4.30. The summed E-state index contributed by atoms with van der Waals surface area (Å²) in [5.41, 5.74) is 1.88. The molecule has 7 nitrogen and oxygen atoms in total. The van der Waals surface area contributed by atoms with Crippen molar-refractivity contribution in [3.8, 4) is 11.5 Å². The lowest BCUT2D eigenvalue weighted by molar-refractivity contribution is -0.121. The highest BCUT2D eigenvalue weighted by Crippen LogP contribution is 2.34. The van der Waals surface area contributed by atoms with Gasteiger partial charge in [-0.3, -0.25) is 9.69 Å². The van der Waals surface area contributed by atoms with E-state index < -0.39 is 5.97 Å². The average molecular weight is 463 g/mol. The molecule has 1 aliphatic rings. The number of fused-ring (bicyclic) bond motifs is 1. The molecular weight excluding hydrogens is 432 g/mol. The number of hydrogen-bond donors (Lipinski definition) is 1. The molecule has 4 rings (SSSR count). The van der Waals surface area contributed by atoms with Gasteiger partial charge in [-0.2, -0.15) is 0 Å². The molecule has 0 radical (unpaired) electrons. The van der Waals surface area contributed by atoms with Gasteiger partial charge in [0, 0.05) is 24.6 Å². The molecule has 1 amide bonds. The van der Waals surface area contributed by atoms with Crippen molar-refractivity contribution in [1.82, 2.24) is 4.90 Å². The van der Waals surface area contributed by atoms with E-state index in [2.05, 4.69) is 52.7 Å². The molecule has 3 aromatic carbocycles. The van der Waals surface area contributed by atoms with Gasteiger partial charge in [-0.1, -0.05) is 42.5 Å². The van der Waals surface area contributed by atoms with Gasteiger partial charge in [0.05, 0.1) is 32.6 Å². The van der Waals surface area contributed by atoms with Crippen molar-refractivity contribution in [1.29, 1.82) is 0 Å². The summed E-state index contributed by atoms with van der Waals surface area (Å²) in [4.78, 5) is 27.8. The molecular formula is C27H30N2O5. The second-order valence-corrected chi connectivity index (χ2v) is 8.42. The van der Waals surface area contributed by atoms with Crippen LogP contribution in [0.15, 0.2) is 54.6 Å². The van der Waals surface area contributed by atoms with Gasteiger partial charge in [-0.15, -0.1) is 0 Å². The third-order valence-corrected chi connectivity index (χ3v) is 6.42. The number of amides is 1. The summed E-state index contributed by atoms with van der Waals surface area (Å²) in [5.74, 6) is 0.0173. The van der Waals surface area contributed by atoms with Gasteiger partial charge >= 0.3 is 5.97 Å². The number of esters is 1. The maximum absolute atomic E-state index is 13.1. The van der Waals surface area contributed by atoms with Crippen molar-refractivity contribution in [2.45, 2.75) is 19.4 Å². The van der Waals surface area contributed by atoms with Crippen molar-refractivity contribution in [2.24, 2.45) is 5.92 Å². The molecule has 0 aromatic heterocycles. The fourth-order valence-electron chi connectivity index (χ4n) is 4.52. The first-order valence-corrected chi connectivity index (χ1v) is 11.4. The SMILES string of the molecule is COC(=O)c1cc(OC)c(OC)cc1NC(=O)C1CCN(Cc2cccc3ccccc23)CC1. The number of benzene rings is 3. The van der Waals surface area contributed by atoms with Crippen molar-refractivity contribution in [3.63, 3.8) is 0 Å². The molecule has 0 bridgehead atoms. The highest BCUT2D eigenvalue weighted by atomic mass is 16.5. The first-order valence-electron chi connectivity index (χ1n) is 11.4. The van der Waals surface area contributed by atoms with Crippen molar-refractivity contribution < 1.29 is 23.8 Å². The Bertz CT molecular complexity index is 1180. The zero-order valence-corrected chi connectivity index (χ0v) is 19.8. The van der Waals surface area contributed by atoms with E-state index in [4.69, 9.17) is 14.2 Å². The predicted molar refractivity (Wildman–Crippen MR) is 131 cm³/mol. The molecule has 0 aliphatic carbocycles. The van der Waals surface area contributed by atoms with Crippen molar-refractivity contribution >= 4 is 28.3 Å². The minimum Gasteiger partial charge on any atom is -0.493 e. The van der Waals surface area contributed by atoms with Gasteiger partial charge in [-0.05, 0) is 42.3 Å². The second kappa shape index (κ2) is 10.6. The van der Waals surface area contributed by atoms with E-state index in [9.17, 15) is 9.59 Å². The number of methoxy groups -OCH3 is 3. The van der Waals surface area contributed by atoms with Gasteiger partial charge < -0.3 is 19.5 Å². The normalized spacial score (nSPS) is 14.6. The number of ether oxygens (including phenoxy) is 3. The molecule has 1 heterocycles. The lowest BCUT2D eigenvalue weighted by Gasteiger charge is -2.31. The van der Waals surface area contributed by atoms with Crippen LogP contribution in [0.4, 0.5) is 5.69 Å². The van der Waals surface area contributed by atoms with Gasteiger partial charge in [-0.25, -0.2) is 4.79 Å². The zero-order valence-electron chi connectivity index (χ0n) is 19.8. The lowest BCUT2D eigenvalue weighted by Crippen LogP contribution is -2.38. The standard InChI is InChI=1S/C27H30N2O5/c1-32-24-15-22(27(31)34-3)23(16-25(24)33-2)28-26(30)19-11-13-29(14-12-19)17-20-9-6-8-18-7-4-5-10-21(18)20/h4-10,15-16,19H,11-14,17H2,1-3H3,(H,28,30). The second-order valence-electron chi connectivity index (χ2n) is 8.42. The van der Waals surface area contributed by atoms with Crippen LogP contribution in [0.3, 0.4) is 0 Å². The molecule has 0 unspecified atom stereocenters. The molecule has 3 aromatic rings. The molecule has 0 atom stereocenters. The maximum atomic E-state index is 13.1. The smallest absolute Gasteiger partial charge is 0.340 e. The average Bonchev–Trinajstić information content (AvgIpc) is 2.88. The molecule has 1 N–H and O–H groups in total. The van der Waals surface area contributed by atoms with E-state index >= 15 is 0 Å². The van der Waals surface area contributed by atoms with Gasteiger partial charge in [0.25, 0.3) is 0 Å². The van der Waals surface area contributed by atoms with Crippen LogP contribution in [0.5, 0.6) is 11.5 Å². The molecule has 1 aliphatic heterocycles. The number of hydrogen-bond acceptors (Lipinski definition) is 6. The van der Waals surface area contributed by atoms with Crippen LogP contribution in [0.1, 0.15) is 28.8 Å². The zero-order chi connectivity index (χ0) is 24.1. The third kappa shape index (κ3) is 4.99. The van der Waals surface area contributed by atoms with Gasteiger partial charge in [0.1, 0.15) is 0 Å². The van der Waals surface area contributed by atoms with Gasteiger partial charge in [0.2, 0.25) is 5.91 Å². The van der Waals surface area contributed by atoms with Crippen LogP contribution < -0.4 is 14.8 Å². The fraction of sp³-hybridized carbons (Fsp3) is 0.333. The highest BCUT2D eigenvalue weighted by Gasteiger charge is 2.27. The number of piperidine rings is 1. The molecule has 7 heteroatoms. The van der Waals surface area contributed by atoms with E-state index in [0.29, 0.717) is 17.2 Å². The molecule has 178 valence electrons. The Kier molecular flexibility index (Phi) is 7.33. The minimum absolute atomic E-state index is 0.109. The number of nitrogens with zero attached hydrogens (tertiary/aromatic N) is 1. The number of nitrogens with one attached hydrogen (secondary N) is 1. The van der Waals surface area contributed by atoms with Crippen molar-refractivity contribution in [3.05, 3.63) is 65.7 Å². The fourth-order valence-corrected chi connectivity index (χ4v) is 4.52. The molecule has 0 saturated carbocycles. The van der Waals surface area contributed by atoms with Crippen LogP contribution in [-0.4, -0.2) is 51.2 Å². The van der Waals surface area contributed by atoms with E-state index in [1.54, 1.807) is 6.07 Å². The van der Waals surface area contributed by atoms with Crippen molar-refractivity contribution in [2.75, 3.05) is 39.7 Å². The predicted octanol–water partition coefficient (Wildman–Crippen LogP) is 4.49. The Morgan fingerprint density at radius 3 is 2.32 bits per heavy atom. The maximum Gasteiger partial charge on any atom is 0.340 e. The number of carbonyl (C=O) groups excluding carboxylic acids is 2. The van der Waals surface area contributed by atoms with Crippen LogP contribution in [0.2, 0.25) is 0 Å². The molecule has 0 spiro atoms. The monoisotopic (exact) mass is 462 g/mol. The Hall–Kier alpha value is -3.58. The van der Waals surface area contributed by atoms with Gasteiger partial charge in [0.15, 0.2) is 11.5 Å². The number of likely N-dealkylation sites (tertiary alicyclic amines) is 1. The summed E-state index contributed by atoms with van der Waals surface area (Å²) in [6.07, 6.45) is 1.49. The third-order valence-electron chi connectivity index (χ3n) is 6.42. The number of rotatable bonds is 7. The number of carbonyl (C=O) groups is 2. The Morgan fingerprint density at radius 1 is 0.941 bits per heavy atom. The first kappa shape index (κ1) is 23.6. The van der Waals surface area contributed by atoms with Crippen LogP contribution in [0.25, 0.3) is 10.8 Å². The summed E-state index contributed by atoms with van der Waals surface area (Å²) >= 11 is 0. The van der Waals surface area contributed by atoms with Crippen LogP contribution >= 0.6 is 0 Å². The molecule has 34 heavy (non-hydrogen) atoms. The van der Waals surface area contributed by atoms with E-state index in [1.807, 2.05) is 0 Å². The summed E-state index contributed by atoms with van der Waals surface area (Å²) < 4.78 is 15.5. The lowest BCUT2D eigenvalue weighted by atomic mass is 9.94. The van der Waals surface area contributed by atoms with E-state index in [-0.39, 0.29) is 17.4 Å². The molecule has 1 saturated heterocycles. The largest absolute Gasteiger partial charge is 0.493 e. The van der Waals surface area contributed by atoms with Crippen LogP contribution in [0, 0.1) is 5.92 Å². The highest BCUT2D eigenvalue weighted by molar-refractivity contribution is 6.02.